The van der Waals surface area contributed by atoms with Crippen molar-refractivity contribution in [3.05, 3.63) is 53.6 Å². The van der Waals surface area contributed by atoms with E-state index in [1.54, 1.807) is 37.3 Å². The predicted molar refractivity (Wildman–Crippen MR) is 112 cm³/mol. The molecule has 29 heavy (non-hydrogen) atoms. The molecule has 2 aliphatic carbocycles. The molecule has 4 rings (SSSR count). The highest BCUT2D eigenvalue weighted by molar-refractivity contribution is 7.92. The molecule has 2 aliphatic rings. The molecule has 2 fully saturated rings. The summed E-state index contributed by atoms with van der Waals surface area (Å²) in [7, 11) is -2.20. The molecule has 0 spiro atoms. The number of hydrogen-bond donors (Lipinski definition) is 2. The number of hydrogen-bond acceptors (Lipinski definition) is 4. The van der Waals surface area contributed by atoms with Crippen molar-refractivity contribution in [2.75, 3.05) is 11.8 Å². The molecule has 2 aromatic carbocycles. The van der Waals surface area contributed by atoms with Crippen molar-refractivity contribution in [2.45, 2.75) is 43.5 Å². The number of carbonyl (C=O) groups is 1. The quantitative estimate of drug-likeness (QED) is 0.754. The van der Waals surface area contributed by atoms with Gasteiger partial charge in [0.1, 0.15) is 5.75 Å². The van der Waals surface area contributed by atoms with Crippen LogP contribution in [0.1, 0.15) is 41.6 Å². The van der Waals surface area contributed by atoms with Gasteiger partial charge in [-0.05, 0) is 86.1 Å². The molecule has 0 aromatic heterocycles. The fourth-order valence-electron chi connectivity index (χ4n) is 4.55. The summed E-state index contributed by atoms with van der Waals surface area (Å²) in [5.74, 6) is 1.88. The zero-order valence-corrected chi connectivity index (χ0v) is 17.5. The Bertz CT molecular complexity index is 1020. The lowest BCUT2D eigenvalue weighted by molar-refractivity contribution is 0.0923. The molecule has 0 radical (unpaired) electrons. The number of ether oxygens (including phenoxy) is 1. The number of fused-ring (bicyclic) bond motifs is 2. The third-order valence-electron chi connectivity index (χ3n) is 6.16. The number of sulfonamides is 1. The van der Waals surface area contributed by atoms with Crippen LogP contribution < -0.4 is 14.8 Å². The summed E-state index contributed by atoms with van der Waals surface area (Å²) >= 11 is 0. The minimum Gasteiger partial charge on any atom is -0.497 e. The Kier molecular flexibility index (Phi) is 5.25. The lowest BCUT2D eigenvalue weighted by atomic mass is 9.95. The Balaban J connectivity index is 1.45. The van der Waals surface area contributed by atoms with Crippen LogP contribution in [0.25, 0.3) is 0 Å². The number of anilines is 1. The van der Waals surface area contributed by atoms with Crippen molar-refractivity contribution < 1.29 is 17.9 Å². The molecule has 6 nitrogen and oxygen atoms in total. The maximum atomic E-state index is 12.6. The van der Waals surface area contributed by atoms with Crippen molar-refractivity contribution >= 4 is 21.6 Å². The summed E-state index contributed by atoms with van der Waals surface area (Å²) in [6.07, 6.45) is 4.81. The summed E-state index contributed by atoms with van der Waals surface area (Å²) in [6, 6.07) is 11.5. The van der Waals surface area contributed by atoms with E-state index in [4.69, 9.17) is 4.74 Å². The van der Waals surface area contributed by atoms with Gasteiger partial charge in [0.25, 0.3) is 15.9 Å². The van der Waals surface area contributed by atoms with Crippen LogP contribution in [0.4, 0.5) is 5.69 Å². The van der Waals surface area contributed by atoms with Crippen LogP contribution in [0.15, 0.2) is 47.4 Å². The molecule has 2 N–H and O–H groups in total. The zero-order chi connectivity index (χ0) is 20.6. The highest BCUT2D eigenvalue weighted by atomic mass is 32.2. The second-order valence-electron chi connectivity index (χ2n) is 8.07. The first-order chi connectivity index (χ1) is 13.9. The zero-order valence-electron chi connectivity index (χ0n) is 16.6. The van der Waals surface area contributed by atoms with Crippen LogP contribution >= 0.6 is 0 Å². The normalized spacial score (nSPS) is 23.0. The number of nitrogens with one attached hydrogen (secondary N) is 2. The van der Waals surface area contributed by atoms with Gasteiger partial charge in [-0.2, -0.15) is 0 Å². The van der Waals surface area contributed by atoms with Crippen molar-refractivity contribution in [3.8, 4) is 5.75 Å². The van der Waals surface area contributed by atoms with Gasteiger partial charge >= 0.3 is 0 Å². The molecule has 2 aromatic rings. The van der Waals surface area contributed by atoms with Crippen LogP contribution in [0.3, 0.4) is 0 Å². The number of benzene rings is 2. The van der Waals surface area contributed by atoms with Crippen molar-refractivity contribution in [3.63, 3.8) is 0 Å². The van der Waals surface area contributed by atoms with E-state index in [2.05, 4.69) is 10.0 Å². The van der Waals surface area contributed by atoms with Gasteiger partial charge in [-0.1, -0.05) is 6.42 Å². The monoisotopic (exact) mass is 414 g/mol. The first kappa shape index (κ1) is 19.8. The summed E-state index contributed by atoms with van der Waals surface area (Å²) in [5.41, 5.74) is 1.71. The van der Waals surface area contributed by atoms with Gasteiger partial charge in [0.2, 0.25) is 0 Å². The summed E-state index contributed by atoms with van der Waals surface area (Å²) in [6.45, 7) is 1.79. The third kappa shape index (κ3) is 4.10. The molecule has 154 valence electrons. The standard InChI is InChI=1S/C22H26N2O4S/c1-14-11-17(22(25)23-21-13-15-3-4-16(21)12-15)5-10-20(14)24-29(26,27)19-8-6-18(28-2)7-9-19/h5-11,15-16,21,24H,3-4,12-13H2,1-2H3,(H,23,25)/t15-,16+,21-/m0/s1. The molecule has 0 aliphatic heterocycles. The summed E-state index contributed by atoms with van der Waals surface area (Å²) in [5, 5.41) is 3.17. The van der Waals surface area contributed by atoms with Crippen LogP contribution in [0.5, 0.6) is 5.75 Å². The lowest BCUT2D eigenvalue weighted by Gasteiger charge is -2.23. The van der Waals surface area contributed by atoms with Crippen LogP contribution in [0.2, 0.25) is 0 Å². The number of carbonyl (C=O) groups excluding carboxylic acids is 1. The van der Waals surface area contributed by atoms with E-state index >= 15 is 0 Å². The Morgan fingerprint density at radius 2 is 1.83 bits per heavy atom. The van der Waals surface area contributed by atoms with Crippen LogP contribution in [-0.2, 0) is 10.0 Å². The fourth-order valence-corrected chi connectivity index (χ4v) is 5.68. The largest absolute Gasteiger partial charge is 0.497 e. The minimum atomic E-state index is -3.72. The fraction of sp³-hybridized carbons (Fsp3) is 0.409. The smallest absolute Gasteiger partial charge is 0.261 e. The first-order valence-corrected chi connectivity index (χ1v) is 11.4. The topological polar surface area (TPSA) is 84.5 Å². The van der Waals surface area contributed by atoms with Crippen molar-refractivity contribution in [1.82, 2.24) is 5.32 Å². The average molecular weight is 415 g/mol. The second-order valence-corrected chi connectivity index (χ2v) is 9.75. The SMILES string of the molecule is COc1ccc(S(=O)(=O)Nc2ccc(C(=O)N[C@H]3C[C@H]4CC[C@@H]3C4)cc2C)cc1. The van der Waals surface area contributed by atoms with E-state index in [-0.39, 0.29) is 16.8 Å². The van der Waals surface area contributed by atoms with Gasteiger partial charge in [0.05, 0.1) is 17.7 Å². The van der Waals surface area contributed by atoms with Gasteiger partial charge < -0.3 is 10.1 Å². The van der Waals surface area contributed by atoms with Crippen LogP contribution in [-0.4, -0.2) is 27.5 Å². The summed E-state index contributed by atoms with van der Waals surface area (Å²) in [4.78, 5) is 12.8. The minimum absolute atomic E-state index is 0.0878. The first-order valence-electron chi connectivity index (χ1n) is 9.94. The molecule has 1 amide bonds. The Hall–Kier alpha value is -2.54. The van der Waals surface area contributed by atoms with Gasteiger partial charge in [-0.25, -0.2) is 8.42 Å². The number of rotatable bonds is 6. The van der Waals surface area contributed by atoms with Gasteiger partial charge in [-0.3, -0.25) is 9.52 Å². The molecular formula is C22H26N2O4S. The highest BCUT2D eigenvalue weighted by Gasteiger charge is 2.40. The van der Waals surface area contributed by atoms with E-state index in [1.165, 1.54) is 38.5 Å². The van der Waals surface area contributed by atoms with Gasteiger partial charge in [0, 0.05) is 11.6 Å². The molecule has 2 saturated carbocycles. The molecule has 7 heteroatoms. The molecule has 0 unspecified atom stereocenters. The van der Waals surface area contributed by atoms with E-state index in [1.807, 2.05) is 0 Å². The third-order valence-corrected chi connectivity index (χ3v) is 7.54. The molecule has 3 atom stereocenters. The number of aryl methyl sites for hydroxylation is 1. The molecule has 2 bridgehead atoms. The molecule has 0 heterocycles. The Labute approximate surface area is 171 Å². The van der Waals surface area contributed by atoms with E-state index < -0.39 is 10.0 Å². The molecule has 0 saturated heterocycles. The van der Waals surface area contributed by atoms with E-state index in [9.17, 15) is 13.2 Å². The Morgan fingerprint density at radius 3 is 2.41 bits per heavy atom. The highest BCUT2D eigenvalue weighted by Crippen LogP contribution is 2.44. The van der Waals surface area contributed by atoms with Gasteiger partial charge in [0.15, 0.2) is 0 Å². The van der Waals surface area contributed by atoms with Crippen molar-refractivity contribution in [2.24, 2.45) is 11.8 Å². The maximum absolute atomic E-state index is 12.6. The van der Waals surface area contributed by atoms with Crippen molar-refractivity contribution in [1.29, 1.82) is 0 Å². The summed E-state index contributed by atoms with van der Waals surface area (Å²) < 4.78 is 33.0. The lowest BCUT2D eigenvalue weighted by Crippen LogP contribution is -2.38. The Morgan fingerprint density at radius 1 is 1.07 bits per heavy atom. The van der Waals surface area contributed by atoms with E-state index in [0.29, 0.717) is 28.5 Å². The molecular weight excluding hydrogens is 388 g/mol. The average Bonchev–Trinajstić information content (AvgIpc) is 3.32. The van der Waals surface area contributed by atoms with E-state index in [0.717, 1.165) is 12.3 Å². The predicted octanol–water partition coefficient (Wildman–Crippen LogP) is 3.72. The number of methoxy groups -OCH3 is 1. The van der Waals surface area contributed by atoms with Gasteiger partial charge in [-0.15, -0.1) is 0 Å². The number of amides is 1. The second kappa shape index (κ2) is 7.71. The maximum Gasteiger partial charge on any atom is 0.261 e. The van der Waals surface area contributed by atoms with Crippen LogP contribution in [0, 0.1) is 18.8 Å².